The zero-order valence-electron chi connectivity index (χ0n) is 14.5. The van der Waals surface area contributed by atoms with Gasteiger partial charge >= 0.3 is 0 Å². The monoisotopic (exact) mass is 342 g/mol. The molecule has 1 aromatic heterocycles. The fourth-order valence-corrected chi connectivity index (χ4v) is 3.54. The van der Waals surface area contributed by atoms with Gasteiger partial charge in [-0.1, -0.05) is 0 Å². The van der Waals surface area contributed by atoms with Gasteiger partial charge in [-0.05, 0) is 37.1 Å². The minimum absolute atomic E-state index is 0.00452. The lowest BCUT2D eigenvalue weighted by Gasteiger charge is -2.24. The maximum atomic E-state index is 12.8. The van der Waals surface area contributed by atoms with Crippen molar-refractivity contribution in [3.63, 3.8) is 0 Å². The Morgan fingerprint density at radius 2 is 2.28 bits per heavy atom. The molecule has 1 aromatic carbocycles. The summed E-state index contributed by atoms with van der Waals surface area (Å²) >= 11 is 0. The SMILES string of the molecule is Cc1nc([C@@H]2CCO[C@@H]2CN(C)C(=O)c2ccc3c(c2)CCO3)n[nH]1. The van der Waals surface area contributed by atoms with Crippen LogP contribution in [0.5, 0.6) is 5.75 Å². The van der Waals surface area contributed by atoms with Gasteiger partial charge in [0.25, 0.3) is 5.91 Å². The number of benzene rings is 1. The molecule has 1 amide bonds. The molecule has 0 radical (unpaired) electrons. The van der Waals surface area contributed by atoms with Gasteiger partial charge in [-0.25, -0.2) is 4.98 Å². The Bertz CT molecular complexity index is 788. The second kappa shape index (κ2) is 6.48. The molecule has 1 N–H and O–H groups in total. The molecule has 2 aromatic rings. The van der Waals surface area contributed by atoms with Gasteiger partial charge in [0.2, 0.25) is 0 Å². The molecule has 2 aliphatic rings. The van der Waals surface area contributed by atoms with Crippen LogP contribution < -0.4 is 4.74 Å². The maximum Gasteiger partial charge on any atom is 0.253 e. The van der Waals surface area contributed by atoms with E-state index in [1.807, 2.05) is 32.2 Å². The number of amides is 1. The van der Waals surface area contributed by atoms with Gasteiger partial charge in [-0.2, -0.15) is 5.10 Å². The van der Waals surface area contributed by atoms with Crippen molar-refractivity contribution >= 4 is 5.91 Å². The Labute approximate surface area is 146 Å². The summed E-state index contributed by atoms with van der Waals surface area (Å²) in [5, 5.41) is 7.15. The molecule has 0 aliphatic carbocycles. The van der Waals surface area contributed by atoms with E-state index in [1.54, 1.807) is 4.90 Å². The summed E-state index contributed by atoms with van der Waals surface area (Å²) in [6.45, 7) is 3.76. The number of fused-ring (bicyclic) bond motifs is 1. The Morgan fingerprint density at radius 1 is 1.40 bits per heavy atom. The minimum atomic E-state index is -0.0816. The van der Waals surface area contributed by atoms with Gasteiger partial charge in [0.05, 0.1) is 18.6 Å². The van der Waals surface area contributed by atoms with Crippen molar-refractivity contribution in [2.24, 2.45) is 0 Å². The molecule has 0 unspecified atom stereocenters. The molecule has 1 saturated heterocycles. The number of nitrogens with zero attached hydrogens (tertiary/aromatic N) is 3. The van der Waals surface area contributed by atoms with Gasteiger partial charge < -0.3 is 14.4 Å². The van der Waals surface area contributed by atoms with Crippen molar-refractivity contribution in [3.05, 3.63) is 41.0 Å². The number of carbonyl (C=O) groups excluding carboxylic acids is 1. The third-order valence-electron chi connectivity index (χ3n) is 4.89. The Hall–Kier alpha value is -2.41. The smallest absolute Gasteiger partial charge is 0.253 e. The van der Waals surface area contributed by atoms with E-state index in [9.17, 15) is 4.79 Å². The topological polar surface area (TPSA) is 80.3 Å². The Morgan fingerprint density at radius 3 is 3.08 bits per heavy atom. The van der Waals surface area contributed by atoms with E-state index in [1.165, 1.54) is 0 Å². The number of nitrogens with one attached hydrogen (secondary N) is 1. The molecule has 2 aliphatic heterocycles. The molecule has 7 heteroatoms. The van der Waals surface area contributed by atoms with Crippen molar-refractivity contribution in [2.75, 3.05) is 26.8 Å². The number of aromatic amines is 1. The van der Waals surface area contributed by atoms with Gasteiger partial charge in [0, 0.05) is 32.2 Å². The van der Waals surface area contributed by atoms with E-state index in [0.717, 1.165) is 35.8 Å². The van der Waals surface area contributed by atoms with Crippen LogP contribution >= 0.6 is 0 Å². The third kappa shape index (κ3) is 3.11. The highest BCUT2D eigenvalue weighted by Crippen LogP contribution is 2.30. The molecule has 7 nitrogen and oxygen atoms in total. The summed E-state index contributed by atoms with van der Waals surface area (Å²) in [6, 6.07) is 5.65. The fourth-order valence-electron chi connectivity index (χ4n) is 3.54. The highest BCUT2D eigenvalue weighted by atomic mass is 16.5. The molecule has 0 saturated carbocycles. The van der Waals surface area contributed by atoms with Crippen molar-refractivity contribution in [3.8, 4) is 5.75 Å². The third-order valence-corrected chi connectivity index (χ3v) is 4.89. The highest BCUT2D eigenvalue weighted by Gasteiger charge is 2.34. The van der Waals surface area contributed by atoms with E-state index in [2.05, 4.69) is 15.2 Å². The maximum absolute atomic E-state index is 12.8. The molecule has 3 heterocycles. The van der Waals surface area contributed by atoms with Crippen LogP contribution in [0.3, 0.4) is 0 Å². The lowest BCUT2D eigenvalue weighted by Crippen LogP contribution is -2.36. The molecule has 2 atom stereocenters. The lowest BCUT2D eigenvalue weighted by atomic mass is 10.00. The molecule has 132 valence electrons. The zero-order valence-corrected chi connectivity index (χ0v) is 14.5. The average Bonchev–Trinajstić information content (AvgIpc) is 3.33. The largest absolute Gasteiger partial charge is 0.493 e. The second-order valence-electron chi connectivity index (χ2n) is 6.69. The number of hydrogen-bond donors (Lipinski definition) is 1. The number of aromatic nitrogens is 3. The summed E-state index contributed by atoms with van der Waals surface area (Å²) in [5.74, 6) is 2.57. The number of ether oxygens (including phenoxy) is 2. The van der Waals surface area contributed by atoms with Crippen molar-refractivity contribution in [1.29, 1.82) is 0 Å². The van der Waals surface area contributed by atoms with E-state index < -0.39 is 0 Å². The normalized spacial score (nSPS) is 21.8. The van der Waals surface area contributed by atoms with E-state index in [-0.39, 0.29) is 17.9 Å². The number of H-pyrrole nitrogens is 1. The summed E-state index contributed by atoms with van der Waals surface area (Å²) in [5.41, 5.74) is 1.79. The summed E-state index contributed by atoms with van der Waals surface area (Å²) in [4.78, 5) is 18.9. The Balaban J connectivity index is 1.45. The van der Waals surface area contributed by atoms with Gasteiger partial charge in [0.1, 0.15) is 11.6 Å². The van der Waals surface area contributed by atoms with Crippen LogP contribution in [-0.2, 0) is 11.2 Å². The van der Waals surface area contributed by atoms with Crippen LogP contribution in [0.25, 0.3) is 0 Å². The first-order chi connectivity index (χ1) is 12.1. The first-order valence-corrected chi connectivity index (χ1v) is 8.63. The predicted molar refractivity (Wildman–Crippen MR) is 90.8 cm³/mol. The quantitative estimate of drug-likeness (QED) is 0.915. The zero-order chi connectivity index (χ0) is 17.4. The number of likely N-dealkylation sites (N-methyl/N-ethyl adjacent to an activating group) is 1. The van der Waals surface area contributed by atoms with E-state index in [0.29, 0.717) is 25.3 Å². The molecule has 0 spiro atoms. The number of hydrogen-bond acceptors (Lipinski definition) is 5. The molecular formula is C18H22N4O3. The van der Waals surface area contributed by atoms with Crippen LogP contribution in [0.1, 0.15) is 39.9 Å². The number of carbonyl (C=O) groups is 1. The lowest BCUT2D eigenvalue weighted by molar-refractivity contribution is 0.0550. The second-order valence-corrected chi connectivity index (χ2v) is 6.69. The van der Waals surface area contributed by atoms with Gasteiger partial charge in [-0.3, -0.25) is 9.89 Å². The van der Waals surface area contributed by atoms with Crippen LogP contribution in [0, 0.1) is 6.92 Å². The number of aryl methyl sites for hydroxylation is 1. The van der Waals surface area contributed by atoms with Crippen LogP contribution in [0.15, 0.2) is 18.2 Å². The summed E-state index contributed by atoms with van der Waals surface area (Å²) in [7, 11) is 1.81. The Kier molecular flexibility index (Phi) is 4.17. The van der Waals surface area contributed by atoms with Crippen molar-refractivity contribution in [1.82, 2.24) is 20.1 Å². The first kappa shape index (κ1) is 16.1. The van der Waals surface area contributed by atoms with Crippen molar-refractivity contribution < 1.29 is 14.3 Å². The molecule has 1 fully saturated rings. The molecule has 25 heavy (non-hydrogen) atoms. The molecule has 4 rings (SSSR count). The van der Waals surface area contributed by atoms with Gasteiger partial charge in [-0.15, -0.1) is 0 Å². The van der Waals surface area contributed by atoms with Crippen LogP contribution in [0.2, 0.25) is 0 Å². The number of rotatable bonds is 4. The van der Waals surface area contributed by atoms with Crippen molar-refractivity contribution in [2.45, 2.75) is 31.8 Å². The standard InChI is InChI=1S/C18H22N4O3/c1-11-19-17(21-20-11)14-6-8-25-16(14)10-22(2)18(23)13-3-4-15-12(9-13)5-7-24-15/h3-4,9,14,16H,5-8,10H2,1-2H3,(H,19,20,21)/t14-,16-/m1/s1. The average molecular weight is 342 g/mol. The minimum Gasteiger partial charge on any atom is -0.493 e. The molecule has 0 bridgehead atoms. The summed E-state index contributed by atoms with van der Waals surface area (Å²) < 4.78 is 11.4. The van der Waals surface area contributed by atoms with Crippen LogP contribution in [0.4, 0.5) is 0 Å². The van der Waals surface area contributed by atoms with E-state index >= 15 is 0 Å². The van der Waals surface area contributed by atoms with E-state index in [4.69, 9.17) is 9.47 Å². The summed E-state index contributed by atoms with van der Waals surface area (Å²) in [6.07, 6.45) is 1.65. The first-order valence-electron chi connectivity index (χ1n) is 8.63. The molecular weight excluding hydrogens is 320 g/mol. The highest BCUT2D eigenvalue weighted by molar-refractivity contribution is 5.94. The van der Waals surface area contributed by atoms with Gasteiger partial charge in [0.15, 0.2) is 5.82 Å². The fraction of sp³-hybridized carbons (Fsp3) is 0.500. The van der Waals surface area contributed by atoms with Crippen LogP contribution in [-0.4, -0.2) is 58.9 Å². The predicted octanol–water partition coefficient (Wildman–Crippen LogP) is 1.69.